The summed E-state index contributed by atoms with van der Waals surface area (Å²) in [5.74, 6) is 0.298. The molecule has 1 aromatic carbocycles. The molecule has 3 rings (SSSR count). The van der Waals surface area contributed by atoms with Gasteiger partial charge in [-0.3, -0.25) is 4.79 Å². The van der Waals surface area contributed by atoms with Crippen molar-refractivity contribution in [3.63, 3.8) is 0 Å². The number of aromatic amines is 1. The zero-order valence-electron chi connectivity index (χ0n) is 11.7. The van der Waals surface area contributed by atoms with Crippen LogP contribution in [0.2, 0.25) is 0 Å². The molecule has 0 spiro atoms. The number of benzene rings is 1. The molecule has 2 aromatic heterocycles. The van der Waals surface area contributed by atoms with E-state index in [9.17, 15) is 4.79 Å². The number of carbonyl (C=O) groups excluding carboxylic acids is 1. The number of amides is 1. The highest BCUT2D eigenvalue weighted by molar-refractivity contribution is 7.99. The van der Waals surface area contributed by atoms with Gasteiger partial charge in [-0.25, -0.2) is 14.5 Å². The largest absolute Gasteiger partial charge is 0.317 e. The number of hydrogen-bond acceptors (Lipinski definition) is 4. The number of H-pyrrole nitrogens is 1. The summed E-state index contributed by atoms with van der Waals surface area (Å²) in [6.07, 6.45) is 0. The van der Waals surface area contributed by atoms with Crippen molar-refractivity contribution in [2.45, 2.75) is 12.1 Å². The summed E-state index contributed by atoms with van der Waals surface area (Å²) in [6, 6.07) is 8.07. The number of fused-ring (bicyclic) bond motifs is 1. The van der Waals surface area contributed by atoms with E-state index in [2.05, 4.69) is 19.9 Å². The first-order valence-electron chi connectivity index (χ1n) is 6.45. The minimum atomic E-state index is -0.0481. The van der Waals surface area contributed by atoms with E-state index in [0.29, 0.717) is 10.9 Å². The molecule has 0 bridgehead atoms. The number of aryl methyl sites for hydroxylation is 2. The van der Waals surface area contributed by atoms with Gasteiger partial charge >= 0.3 is 5.16 Å². The van der Waals surface area contributed by atoms with Crippen LogP contribution in [0.15, 0.2) is 34.8 Å². The van der Waals surface area contributed by atoms with Crippen molar-refractivity contribution in [3.8, 4) is 0 Å². The molecule has 0 unspecified atom stereocenters. The van der Waals surface area contributed by atoms with Gasteiger partial charge in [-0.05, 0) is 30.8 Å². The van der Waals surface area contributed by atoms with Gasteiger partial charge in [0.05, 0.1) is 18.5 Å². The van der Waals surface area contributed by atoms with Crippen LogP contribution in [-0.2, 0) is 11.8 Å². The SMILES string of the molecule is Cc1csc(NC(=O)CSc2[nH]c3ccccc3[n+]2C)n1. The molecular weight excluding hydrogens is 304 g/mol. The molecule has 2 heterocycles. The van der Waals surface area contributed by atoms with E-state index in [1.54, 1.807) is 0 Å². The molecule has 0 saturated heterocycles. The second-order valence-corrected chi connectivity index (χ2v) is 6.46. The topological polar surface area (TPSA) is 61.7 Å². The minimum absolute atomic E-state index is 0.0481. The van der Waals surface area contributed by atoms with Crippen LogP contribution in [0.3, 0.4) is 0 Å². The molecule has 5 nitrogen and oxygen atoms in total. The number of nitrogens with one attached hydrogen (secondary N) is 2. The molecule has 3 aromatic rings. The van der Waals surface area contributed by atoms with Crippen molar-refractivity contribution in [2.24, 2.45) is 7.05 Å². The Balaban J connectivity index is 1.66. The number of anilines is 1. The van der Waals surface area contributed by atoms with Gasteiger partial charge in [0.15, 0.2) is 16.2 Å². The van der Waals surface area contributed by atoms with Gasteiger partial charge in [-0.1, -0.05) is 12.1 Å². The van der Waals surface area contributed by atoms with E-state index in [1.165, 1.54) is 23.1 Å². The minimum Gasteiger partial charge on any atom is -0.301 e. The third kappa shape index (κ3) is 3.08. The third-order valence-corrected chi connectivity index (χ3v) is 4.95. The molecule has 21 heavy (non-hydrogen) atoms. The smallest absolute Gasteiger partial charge is 0.301 e. The second-order valence-electron chi connectivity index (χ2n) is 4.64. The first-order chi connectivity index (χ1) is 10.1. The maximum atomic E-state index is 11.9. The van der Waals surface area contributed by atoms with Crippen LogP contribution in [0.1, 0.15) is 5.69 Å². The third-order valence-electron chi connectivity index (χ3n) is 3.02. The van der Waals surface area contributed by atoms with E-state index < -0.39 is 0 Å². The van der Waals surface area contributed by atoms with E-state index in [4.69, 9.17) is 0 Å². The van der Waals surface area contributed by atoms with Gasteiger partial charge in [-0.15, -0.1) is 11.3 Å². The van der Waals surface area contributed by atoms with Gasteiger partial charge < -0.3 is 5.32 Å². The Morgan fingerprint density at radius 1 is 1.48 bits per heavy atom. The van der Waals surface area contributed by atoms with Crippen molar-refractivity contribution in [2.75, 3.05) is 11.1 Å². The number of rotatable bonds is 4. The van der Waals surface area contributed by atoms with Crippen molar-refractivity contribution in [3.05, 3.63) is 35.3 Å². The Hall–Kier alpha value is -1.86. The fourth-order valence-corrected chi connectivity index (χ4v) is 3.53. The van der Waals surface area contributed by atoms with E-state index >= 15 is 0 Å². The van der Waals surface area contributed by atoms with E-state index in [-0.39, 0.29) is 5.91 Å². The number of para-hydroxylation sites is 2. The standard InChI is InChI=1S/C14H14N4OS2/c1-9-7-20-13(15-9)17-12(19)8-21-14-16-10-5-3-4-6-11(10)18(14)2/h3-7H,8H2,1-2H3,(H,15,17,19)/p+1. The Morgan fingerprint density at radius 2 is 2.29 bits per heavy atom. The first kappa shape index (κ1) is 14.1. The summed E-state index contributed by atoms with van der Waals surface area (Å²) in [5.41, 5.74) is 3.11. The predicted octanol–water partition coefficient (Wildman–Crippen LogP) is 2.49. The van der Waals surface area contributed by atoms with Crippen LogP contribution >= 0.6 is 23.1 Å². The molecular formula is C14H15N4OS2+. The molecule has 1 amide bonds. The molecule has 108 valence electrons. The van der Waals surface area contributed by atoms with Crippen molar-refractivity contribution in [1.82, 2.24) is 9.97 Å². The monoisotopic (exact) mass is 319 g/mol. The first-order valence-corrected chi connectivity index (χ1v) is 8.31. The average molecular weight is 319 g/mol. The number of aromatic nitrogens is 3. The number of hydrogen-bond donors (Lipinski definition) is 2. The lowest BCUT2D eigenvalue weighted by atomic mass is 10.3. The summed E-state index contributed by atoms with van der Waals surface area (Å²) < 4.78 is 2.06. The molecule has 0 aliphatic rings. The fraction of sp³-hybridized carbons (Fsp3) is 0.214. The van der Waals surface area contributed by atoms with Crippen LogP contribution in [-0.4, -0.2) is 21.6 Å². The Kier molecular flexibility index (Phi) is 3.94. The lowest BCUT2D eigenvalue weighted by Crippen LogP contribution is -2.29. The molecule has 7 heteroatoms. The summed E-state index contributed by atoms with van der Waals surface area (Å²) in [5, 5.41) is 6.34. The Morgan fingerprint density at radius 3 is 3.00 bits per heavy atom. The summed E-state index contributed by atoms with van der Waals surface area (Å²) in [6.45, 7) is 1.91. The van der Waals surface area contributed by atoms with Crippen LogP contribution in [0, 0.1) is 6.92 Å². The van der Waals surface area contributed by atoms with Crippen molar-refractivity contribution < 1.29 is 9.36 Å². The summed E-state index contributed by atoms with van der Waals surface area (Å²) in [7, 11) is 1.99. The normalized spacial score (nSPS) is 11.0. The number of imidazole rings is 1. The van der Waals surface area contributed by atoms with E-state index in [1.807, 2.05) is 43.6 Å². The number of nitrogens with zero attached hydrogens (tertiary/aromatic N) is 2. The molecule has 0 fully saturated rings. The Labute approximate surface area is 130 Å². The predicted molar refractivity (Wildman–Crippen MR) is 85.7 cm³/mol. The molecule has 0 saturated carbocycles. The summed E-state index contributed by atoms with van der Waals surface area (Å²) >= 11 is 2.92. The van der Waals surface area contributed by atoms with Gasteiger partial charge in [0, 0.05) is 5.38 Å². The molecule has 0 aliphatic heterocycles. The van der Waals surface area contributed by atoms with Crippen LogP contribution in [0.25, 0.3) is 11.0 Å². The number of carbonyl (C=O) groups is 1. The number of thiazole rings is 1. The van der Waals surface area contributed by atoms with Gasteiger partial charge in [0.25, 0.3) is 0 Å². The fourth-order valence-electron chi connectivity index (χ4n) is 2.01. The van der Waals surface area contributed by atoms with E-state index in [0.717, 1.165) is 21.9 Å². The lowest BCUT2D eigenvalue weighted by molar-refractivity contribution is -0.683. The highest BCUT2D eigenvalue weighted by atomic mass is 32.2. The van der Waals surface area contributed by atoms with Crippen molar-refractivity contribution in [1.29, 1.82) is 0 Å². The van der Waals surface area contributed by atoms with Crippen LogP contribution in [0.5, 0.6) is 0 Å². The zero-order chi connectivity index (χ0) is 14.8. The van der Waals surface area contributed by atoms with Gasteiger partial charge in [0.2, 0.25) is 5.91 Å². The quantitative estimate of drug-likeness (QED) is 0.574. The molecule has 0 atom stereocenters. The lowest BCUT2D eigenvalue weighted by Gasteiger charge is -1.99. The van der Waals surface area contributed by atoms with Crippen LogP contribution in [0.4, 0.5) is 5.13 Å². The maximum Gasteiger partial charge on any atom is 0.317 e. The highest BCUT2D eigenvalue weighted by Crippen LogP contribution is 2.18. The van der Waals surface area contributed by atoms with Gasteiger partial charge in [-0.2, -0.15) is 0 Å². The average Bonchev–Trinajstić information content (AvgIpc) is 3.01. The second kappa shape index (κ2) is 5.87. The molecule has 2 N–H and O–H groups in total. The number of thioether (sulfide) groups is 1. The highest BCUT2D eigenvalue weighted by Gasteiger charge is 2.17. The zero-order valence-corrected chi connectivity index (χ0v) is 13.3. The van der Waals surface area contributed by atoms with Crippen molar-refractivity contribution >= 4 is 45.2 Å². The van der Waals surface area contributed by atoms with Gasteiger partial charge in [0.1, 0.15) is 0 Å². The van der Waals surface area contributed by atoms with Crippen LogP contribution < -0.4 is 9.88 Å². The summed E-state index contributed by atoms with van der Waals surface area (Å²) in [4.78, 5) is 19.5. The maximum absolute atomic E-state index is 11.9. The molecule has 0 radical (unpaired) electrons. The Bertz CT molecular complexity index is 793. The molecule has 0 aliphatic carbocycles.